The van der Waals surface area contributed by atoms with E-state index >= 15 is 0 Å². The molecule has 0 bridgehead atoms. The molecule has 32 heavy (non-hydrogen) atoms. The normalized spacial score (nSPS) is 19.9. The fraction of sp³-hybridized carbons (Fsp3) is 0.609. The average Bonchev–Trinajstić information content (AvgIpc) is 3.31. The van der Waals surface area contributed by atoms with Crippen LogP contribution in [0.5, 0.6) is 0 Å². The molecule has 2 aromatic heterocycles. The number of likely N-dealkylation sites (tertiary alicyclic amines) is 1. The van der Waals surface area contributed by atoms with Crippen LogP contribution in [0.25, 0.3) is 0 Å². The maximum Gasteiger partial charge on any atom is 0.255 e. The van der Waals surface area contributed by atoms with Gasteiger partial charge in [-0.1, -0.05) is 12.1 Å². The third-order valence-electron chi connectivity index (χ3n) is 6.40. The van der Waals surface area contributed by atoms with Crippen LogP contribution in [0.2, 0.25) is 0 Å². The Labute approximate surface area is 188 Å². The lowest BCUT2D eigenvalue weighted by atomic mass is 9.93. The number of carbonyl (C=O) groups excluding carboxylic acids is 2. The Morgan fingerprint density at radius 1 is 1.12 bits per heavy atom. The average molecular weight is 441 g/mol. The largest absolute Gasteiger partial charge is 0.342 e. The molecule has 0 radical (unpaired) electrons. The third kappa shape index (κ3) is 5.32. The summed E-state index contributed by atoms with van der Waals surface area (Å²) in [6.45, 7) is 6.68. The van der Waals surface area contributed by atoms with Gasteiger partial charge in [-0.2, -0.15) is 4.98 Å². The minimum Gasteiger partial charge on any atom is -0.342 e. The summed E-state index contributed by atoms with van der Waals surface area (Å²) in [5, 5.41) is 3.88. The second-order valence-corrected chi connectivity index (χ2v) is 8.70. The zero-order valence-electron chi connectivity index (χ0n) is 19.0. The lowest BCUT2D eigenvalue weighted by Gasteiger charge is -2.33. The van der Waals surface area contributed by atoms with Crippen molar-refractivity contribution in [2.45, 2.75) is 44.9 Å². The summed E-state index contributed by atoms with van der Waals surface area (Å²) in [7, 11) is 2.07. The molecule has 2 aliphatic heterocycles. The van der Waals surface area contributed by atoms with Crippen molar-refractivity contribution in [2.75, 3.05) is 46.3 Å². The van der Waals surface area contributed by atoms with Crippen molar-refractivity contribution in [3.63, 3.8) is 0 Å². The molecule has 4 heterocycles. The lowest BCUT2D eigenvalue weighted by molar-refractivity contribution is -0.132. The molecule has 0 N–H and O–H groups in total. The first-order valence-electron chi connectivity index (χ1n) is 11.6. The smallest absolute Gasteiger partial charge is 0.255 e. The van der Waals surface area contributed by atoms with Crippen LogP contribution in [0.15, 0.2) is 22.9 Å². The number of rotatable bonds is 6. The van der Waals surface area contributed by atoms with Gasteiger partial charge in [-0.05, 0) is 32.0 Å². The molecule has 0 aliphatic carbocycles. The van der Waals surface area contributed by atoms with Crippen LogP contribution in [0.4, 0.5) is 0 Å². The van der Waals surface area contributed by atoms with E-state index in [-0.39, 0.29) is 17.7 Å². The predicted octanol–water partition coefficient (Wildman–Crippen LogP) is 1.75. The van der Waals surface area contributed by atoms with E-state index in [1.54, 1.807) is 6.20 Å². The van der Waals surface area contributed by atoms with Crippen molar-refractivity contribution in [1.29, 1.82) is 0 Å². The van der Waals surface area contributed by atoms with Crippen molar-refractivity contribution >= 4 is 11.8 Å². The number of piperazine rings is 1. The number of piperidine rings is 1. The number of hydrogen-bond acceptors (Lipinski definition) is 7. The van der Waals surface area contributed by atoms with Crippen LogP contribution < -0.4 is 0 Å². The first kappa shape index (κ1) is 22.4. The minimum atomic E-state index is 0.0462. The van der Waals surface area contributed by atoms with Gasteiger partial charge in [-0.15, -0.1) is 0 Å². The number of likely N-dealkylation sites (N-methyl/N-ethyl adjacent to an activating group) is 1. The molecule has 9 heteroatoms. The molecule has 9 nitrogen and oxygen atoms in total. The van der Waals surface area contributed by atoms with Gasteiger partial charge in [0.15, 0.2) is 5.82 Å². The summed E-state index contributed by atoms with van der Waals surface area (Å²) >= 11 is 0. The quantitative estimate of drug-likeness (QED) is 0.675. The van der Waals surface area contributed by atoms with Gasteiger partial charge in [-0.25, -0.2) is 0 Å². The molecule has 172 valence electrons. The summed E-state index contributed by atoms with van der Waals surface area (Å²) in [5.74, 6) is 1.53. The van der Waals surface area contributed by atoms with Gasteiger partial charge >= 0.3 is 0 Å². The van der Waals surface area contributed by atoms with Gasteiger partial charge in [0.25, 0.3) is 5.91 Å². The van der Waals surface area contributed by atoms with E-state index < -0.39 is 0 Å². The monoisotopic (exact) mass is 440 g/mol. The van der Waals surface area contributed by atoms with Gasteiger partial charge in [0, 0.05) is 76.3 Å². The lowest BCUT2D eigenvalue weighted by Crippen LogP contribution is -2.47. The Hall–Kier alpha value is -2.81. The second-order valence-electron chi connectivity index (χ2n) is 8.70. The van der Waals surface area contributed by atoms with E-state index in [1.165, 1.54) is 0 Å². The van der Waals surface area contributed by atoms with Crippen molar-refractivity contribution in [1.82, 2.24) is 29.8 Å². The van der Waals surface area contributed by atoms with Crippen LogP contribution in [0, 0.1) is 0 Å². The Balaban J connectivity index is 1.31. The number of aromatic nitrogens is 3. The van der Waals surface area contributed by atoms with Crippen LogP contribution in [-0.2, 0) is 17.6 Å². The number of hydrogen-bond donors (Lipinski definition) is 0. The predicted molar refractivity (Wildman–Crippen MR) is 118 cm³/mol. The topological polar surface area (TPSA) is 95.7 Å². The summed E-state index contributed by atoms with van der Waals surface area (Å²) in [6.07, 6.45) is 5.18. The van der Waals surface area contributed by atoms with E-state index in [0.29, 0.717) is 36.7 Å². The second kappa shape index (κ2) is 10.2. The van der Waals surface area contributed by atoms with Gasteiger partial charge in [0.1, 0.15) is 0 Å². The molecule has 2 saturated heterocycles. The maximum atomic E-state index is 12.7. The van der Waals surface area contributed by atoms with Crippen molar-refractivity contribution in [3.05, 3.63) is 41.3 Å². The maximum absolute atomic E-state index is 12.7. The minimum absolute atomic E-state index is 0.0462. The van der Waals surface area contributed by atoms with Crippen molar-refractivity contribution in [2.24, 2.45) is 0 Å². The highest BCUT2D eigenvalue weighted by molar-refractivity contribution is 5.94. The Morgan fingerprint density at radius 3 is 2.62 bits per heavy atom. The summed E-state index contributed by atoms with van der Waals surface area (Å²) < 4.78 is 5.19. The summed E-state index contributed by atoms with van der Waals surface area (Å²) in [6, 6.07) is 3.83. The number of aryl methyl sites for hydroxylation is 2. The van der Waals surface area contributed by atoms with Crippen molar-refractivity contribution in [3.8, 4) is 0 Å². The van der Waals surface area contributed by atoms with Gasteiger partial charge in [0.05, 0.1) is 5.56 Å². The van der Waals surface area contributed by atoms with E-state index in [9.17, 15) is 9.59 Å². The highest BCUT2D eigenvalue weighted by Crippen LogP contribution is 2.26. The summed E-state index contributed by atoms with van der Waals surface area (Å²) in [4.78, 5) is 40.4. The Morgan fingerprint density at radius 2 is 1.94 bits per heavy atom. The number of nitrogens with zero attached hydrogens (tertiary/aromatic N) is 6. The van der Waals surface area contributed by atoms with Gasteiger partial charge < -0.3 is 19.2 Å². The highest BCUT2D eigenvalue weighted by Gasteiger charge is 2.26. The van der Waals surface area contributed by atoms with Crippen LogP contribution >= 0.6 is 0 Å². The van der Waals surface area contributed by atoms with Crippen molar-refractivity contribution < 1.29 is 14.1 Å². The van der Waals surface area contributed by atoms with E-state index in [4.69, 9.17) is 4.52 Å². The molecule has 2 fully saturated rings. The molecular weight excluding hydrogens is 408 g/mol. The van der Waals surface area contributed by atoms with E-state index in [0.717, 1.165) is 57.7 Å². The first-order chi connectivity index (χ1) is 15.5. The molecule has 1 atom stereocenters. The summed E-state index contributed by atoms with van der Waals surface area (Å²) in [5.41, 5.74) is 1.58. The Bertz CT molecular complexity index is 920. The zero-order chi connectivity index (χ0) is 22.5. The standard InChI is InChI=1S/C23H32N6O3/c1-3-20-25-21(32-26-20)8-9-22(30)29-10-4-5-18(16-29)19-7-6-17(15-24-19)23(31)28-13-11-27(2)12-14-28/h6-7,15,18H,3-5,8-14,16H2,1-2H3/t18-/m1/s1. The fourth-order valence-corrected chi connectivity index (χ4v) is 4.32. The van der Waals surface area contributed by atoms with Gasteiger partial charge in [0.2, 0.25) is 11.8 Å². The van der Waals surface area contributed by atoms with Crippen LogP contribution in [0.3, 0.4) is 0 Å². The molecule has 2 amide bonds. The van der Waals surface area contributed by atoms with E-state index in [1.807, 2.05) is 28.9 Å². The highest BCUT2D eigenvalue weighted by atomic mass is 16.5. The number of pyridine rings is 1. The molecular formula is C23H32N6O3. The molecule has 2 aromatic rings. The molecule has 0 unspecified atom stereocenters. The third-order valence-corrected chi connectivity index (χ3v) is 6.40. The molecule has 0 spiro atoms. The number of amides is 2. The van der Waals surface area contributed by atoms with Gasteiger partial charge in [-0.3, -0.25) is 14.6 Å². The van der Waals surface area contributed by atoms with Crippen LogP contribution in [-0.4, -0.2) is 88.0 Å². The molecule has 2 aliphatic rings. The SMILES string of the molecule is CCc1noc(CCC(=O)N2CCC[C@@H](c3ccc(C(=O)N4CCN(C)CC4)cn3)C2)n1. The Kier molecular flexibility index (Phi) is 7.14. The first-order valence-corrected chi connectivity index (χ1v) is 11.6. The molecule has 0 saturated carbocycles. The number of carbonyl (C=O) groups is 2. The molecule has 4 rings (SSSR count). The van der Waals surface area contributed by atoms with E-state index in [2.05, 4.69) is 27.1 Å². The zero-order valence-corrected chi connectivity index (χ0v) is 19.0. The molecule has 0 aromatic carbocycles. The van der Waals surface area contributed by atoms with Crippen LogP contribution in [0.1, 0.15) is 59.9 Å². The fourth-order valence-electron chi connectivity index (χ4n) is 4.32.